The van der Waals surface area contributed by atoms with Crippen molar-refractivity contribution in [2.45, 2.75) is 19.3 Å². The second-order valence-electron chi connectivity index (χ2n) is 4.85. The van der Waals surface area contributed by atoms with Gasteiger partial charge in [-0.3, -0.25) is 9.59 Å². The Morgan fingerprint density at radius 2 is 2.33 bits per heavy atom. The summed E-state index contributed by atoms with van der Waals surface area (Å²) in [6, 6.07) is 7.38. The average Bonchev–Trinajstić information content (AvgIpc) is 3.10. The Morgan fingerprint density at radius 1 is 1.43 bits per heavy atom. The third-order valence-corrected chi connectivity index (χ3v) is 4.19. The van der Waals surface area contributed by atoms with Crippen molar-refractivity contribution in [3.63, 3.8) is 0 Å². The van der Waals surface area contributed by atoms with Crippen LogP contribution < -0.4 is 10.2 Å². The summed E-state index contributed by atoms with van der Waals surface area (Å²) in [4.78, 5) is 30.6. The maximum atomic E-state index is 12.0. The number of anilines is 2. The molecule has 0 saturated carbocycles. The third kappa shape index (κ3) is 3.28. The molecule has 2 aromatic rings. The minimum atomic E-state index is -0.102. The van der Waals surface area contributed by atoms with E-state index in [0.717, 1.165) is 23.5 Å². The second kappa shape index (κ2) is 6.05. The van der Waals surface area contributed by atoms with E-state index in [1.54, 1.807) is 34.6 Å². The van der Waals surface area contributed by atoms with E-state index in [1.165, 1.54) is 0 Å². The Bertz CT molecular complexity index is 655. The van der Waals surface area contributed by atoms with Crippen molar-refractivity contribution in [2.24, 2.45) is 0 Å². The largest absolute Gasteiger partial charge is 0.312 e. The number of carbonyl (C=O) groups excluding carboxylic acids is 2. The minimum absolute atomic E-state index is 0.102. The molecule has 0 unspecified atom stereocenters. The lowest BCUT2D eigenvalue weighted by atomic mass is 10.3. The van der Waals surface area contributed by atoms with Crippen molar-refractivity contribution >= 4 is 34.7 Å². The molecule has 1 N–H and O–H groups in total. The highest BCUT2D eigenvalue weighted by Crippen LogP contribution is 2.23. The lowest BCUT2D eigenvalue weighted by Gasteiger charge is -2.16. The molecule has 0 spiro atoms. The van der Waals surface area contributed by atoms with Gasteiger partial charge in [0.1, 0.15) is 5.82 Å². The average molecular weight is 301 g/mol. The minimum Gasteiger partial charge on any atom is -0.312 e. The summed E-state index contributed by atoms with van der Waals surface area (Å²) in [6.45, 7) is 0.728. The van der Waals surface area contributed by atoms with Crippen LogP contribution in [0.25, 0.3) is 0 Å². The molecule has 3 heterocycles. The van der Waals surface area contributed by atoms with E-state index in [1.807, 2.05) is 17.5 Å². The SMILES string of the molecule is O=C(Cc1cccs1)Nc1cc(N2CCCC2=O)ccn1. The molecule has 0 radical (unpaired) electrons. The number of rotatable bonds is 4. The van der Waals surface area contributed by atoms with Gasteiger partial charge in [-0.2, -0.15) is 0 Å². The van der Waals surface area contributed by atoms with E-state index in [9.17, 15) is 9.59 Å². The van der Waals surface area contributed by atoms with E-state index in [0.29, 0.717) is 18.7 Å². The first-order valence-electron chi connectivity index (χ1n) is 6.81. The van der Waals surface area contributed by atoms with E-state index >= 15 is 0 Å². The van der Waals surface area contributed by atoms with Crippen molar-refractivity contribution < 1.29 is 9.59 Å². The molecule has 1 aliphatic heterocycles. The zero-order chi connectivity index (χ0) is 14.7. The maximum absolute atomic E-state index is 12.0. The molecule has 1 saturated heterocycles. The number of aromatic nitrogens is 1. The fourth-order valence-electron chi connectivity index (χ4n) is 2.34. The number of nitrogens with zero attached hydrogens (tertiary/aromatic N) is 2. The van der Waals surface area contributed by atoms with Crippen molar-refractivity contribution in [1.82, 2.24) is 4.98 Å². The normalized spacial score (nSPS) is 14.5. The van der Waals surface area contributed by atoms with Gasteiger partial charge >= 0.3 is 0 Å². The van der Waals surface area contributed by atoms with Gasteiger partial charge in [0.05, 0.1) is 6.42 Å². The Hall–Kier alpha value is -2.21. The highest BCUT2D eigenvalue weighted by molar-refractivity contribution is 7.10. The van der Waals surface area contributed by atoms with Gasteiger partial charge in [-0.05, 0) is 23.9 Å². The van der Waals surface area contributed by atoms with Crippen molar-refractivity contribution in [3.8, 4) is 0 Å². The standard InChI is InChI=1S/C15H15N3O2S/c19-14(10-12-3-2-8-21-12)17-13-9-11(5-6-16-13)18-7-1-4-15(18)20/h2-3,5-6,8-9H,1,4,7,10H2,(H,16,17,19). The second-order valence-corrected chi connectivity index (χ2v) is 5.88. The Morgan fingerprint density at radius 3 is 3.05 bits per heavy atom. The van der Waals surface area contributed by atoms with Crippen LogP contribution in [-0.4, -0.2) is 23.3 Å². The Labute approximate surface area is 126 Å². The molecule has 6 heteroatoms. The molecule has 5 nitrogen and oxygen atoms in total. The van der Waals surface area contributed by atoms with Crippen LogP contribution in [0.5, 0.6) is 0 Å². The highest BCUT2D eigenvalue weighted by atomic mass is 32.1. The third-order valence-electron chi connectivity index (χ3n) is 3.31. The number of carbonyl (C=O) groups is 2. The quantitative estimate of drug-likeness (QED) is 0.943. The highest BCUT2D eigenvalue weighted by Gasteiger charge is 2.22. The van der Waals surface area contributed by atoms with Crippen LogP contribution in [0.2, 0.25) is 0 Å². The van der Waals surface area contributed by atoms with Crippen LogP contribution in [0.15, 0.2) is 35.8 Å². The van der Waals surface area contributed by atoms with E-state index in [2.05, 4.69) is 10.3 Å². The van der Waals surface area contributed by atoms with Crippen LogP contribution in [0.4, 0.5) is 11.5 Å². The van der Waals surface area contributed by atoms with Gasteiger partial charge < -0.3 is 10.2 Å². The molecule has 0 aromatic carbocycles. The molecule has 3 rings (SSSR count). The summed E-state index contributed by atoms with van der Waals surface area (Å²) in [5.74, 6) is 0.501. The fraction of sp³-hybridized carbons (Fsp3) is 0.267. The van der Waals surface area contributed by atoms with Gasteiger partial charge in [0.25, 0.3) is 0 Å². The zero-order valence-corrected chi connectivity index (χ0v) is 12.2. The maximum Gasteiger partial charge on any atom is 0.230 e. The monoisotopic (exact) mass is 301 g/mol. The smallest absolute Gasteiger partial charge is 0.230 e. The van der Waals surface area contributed by atoms with Crippen LogP contribution >= 0.6 is 11.3 Å². The van der Waals surface area contributed by atoms with Crippen LogP contribution in [-0.2, 0) is 16.0 Å². The van der Waals surface area contributed by atoms with Gasteiger partial charge in [0, 0.05) is 35.8 Å². The Balaban J connectivity index is 1.68. The predicted molar refractivity (Wildman–Crippen MR) is 82.5 cm³/mol. The van der Waals surface area contributed by atoms with Gasteiger partial charge in [-0.25, -0.2) is 4.98 Å². The molecule has 21 heavy (non-hydrogen) atoms. The van der Waals surface area contributed by atoms with Crippen molar-refractivity contribution in [3.05, 3.63) is 40.7 Å². The number of hydrogen-bond acceptors (Lipinski definition) is 4. The lowest BCUT2D eigenvalue weighted by molar-refractivity contribution is -0.117. The number of pyridine rings is 1. The molecule has 1 aliphatic rings. The molecule has 108 valence electrons. The van der Waals surface area contributed by atoms with Crippen molar-refractivity contribution in [2.75, 3.05) is 16.8 Å². The molecule has 2 aromatic heterocycles. The van der Waals surface area contributed by atoms with Crippen LogP contribution in [0.3, 0.4) is 0 Å². The molecule has 0 bridgehead atoms. The predicted octanol–water partition coefficient (Wildman–Crippen LogP) is 2.45. The summed E-state index contributed by atoms with van der Waals surface area (Å²) in [5, 5.41) is 4.72. The van der Waals surface area contributed by atoms with Crippen LogP contribution in [0.1, 0.15) is 17.7 Å². The van der Waals surface area contributed by atoms with E-state index in [-0.39, 0.29) is 11.8 Å². The van der Waals surface area contributed by atoms with Crippen molar-refractivity contribution in [1.29, 1.82) is 0 Å². The number of thiophene rings is 1. The number of nitrogens with one attached hydrogen (secondary N) is 1. The Kier molecular flexibility index (Phi) is 3.96. The molecule has 0 atom stereocenters. The molecular formula is C15H15N3O2S. The summed E-state index contributed by atoms with van der Waals surface area (Å²) >= 11 is 1.55. The van der Waals surface area contributed by atoms with E-state index in [4.69, 9.17) is 0 Å². The van der Waals surface area contributed by atoms with Gasteiger partial charge in [-0.15, -0.1) is 11.3 Å². The van der Waals surface area contributed by atoms with E-state index < -0.39 is 0 Å². The zero-order valence-electron chi connectivity index (χ0n) is 11.4. The van der Waals surface area contributed by atoms with Gasteiger partial charge in [0.15, 0.2) is 0 Å². The van der Waals surface area contributed by atoms with Crippen LogP contribution in [0, 0.1) is 0 Å². The first-order valence-corrected chi connectivity index (χ1v) is 7.69. The van der Waals surface area contributed by atoms with Gasteiger partial charge in [-0.1, -0.05) is 6.07 Å². The molecule has 2 amide bonds. The first-order chi connectivity index (χ1) is 10.2. The summed E-state index contributed by atoms with van der Waals surface area (Å²) in [7, 11) is 0. The van der Waals surface area contributed by atoms with Gasteiger partial charge in [0.2, 0.25) is 11.8 Å². The molecule has 1 fully saturated rings. The lowest BCUT2D eigenvalue weighted by Crippen LogP contribution is -2.24. The topological polar surface area (TPSA) is 62.3 Å². The first kappa shape index (κ1) is 13.8. The summed E-state index contributed by atoms with van der Waals surface area (Å²) in [5.41, 5.74) is 0.791. The number of hydrogen-bond donors (Lipinski definition) is 1. The number of amides is 2. The fourth-order valence-corrected chi connectivity index (χ4v) is 3.04. The molecular weight excluding hydrogens is 286 g/mol. The summed E-state index contributed by atoms with van der Waals surface area (Å²) < 4.78 is 0. The summed E-state index contributed by atoms with van der Waals surface area (Å²) in [6.07, 6.45) is 3.41. The molecule has 0 aliphatic carbocycles.